The standard InChI is InChI=1S/C24H24N4O2S/c25-21(27-19-12-14-13-24(14)11-10-18(19)24)20-22(29)28-31-23(20)26-15-6-8-17(9-7-15)30-16-4-2-1-3-5-16/h1-9,14,18-19,26H,10-13H2,(H2,25,27)(H,28,29)/t14?,18?,19-,24?/m1/s1. The Morgan fingerprint density at radius 3 is 2.65 bits per heavy atom. The molecule has 31 heavy (non-hydrogen) atoms. The fourth-order valence-corrected chi connectivity index (χ4v) is 6.33. The maximum atomic E-state index is 12.5. The Hall–Kier alpha value is -3.06. The second-order valence-electron chi connectivity index (χ2n) is 8.90. The molecule has 7 heteroatoms. The third kappa shape index (κ3) is 3.15. The molecule has 3 aliphatic carbocycles. The van der Waals surface area contributed by atoms with Crippen LogP contribution in [-0.4, -0.2) is 16.3 Å². The van der Waals surface area contributed by atoms with Gasteiger partial charge in [0.2, 0.25) is 0 Å². The Kier molecular flexibility index (Phi) is 4.21. The number of anilines is 2. The van der Waals surface area contributed by atoms with Gasteiger partial charge in [0.05, 0.1) is 6.04 Å². The van der Waals surface area contributed by atoms with Crippen molar-refractivity contribution in [2.75, 3.05) is 5.32 Å². The number of nitrogens with two attached hydrogens (primary N) is 1. The summed E-state index contributed by atoms with van der Waals surface area (Å²) in [5.41, 5.74) is 8.04. The Labute approximate surface area is 184 Å². The van der Waals surface area contributed by atoms with Crippen molar-refractivity contribution in [2.24, 2.45) is 28.0 Å². The van der Waals surface area contributed by atoms with Crippen molar-refractivity contribution in [1.29, 1.82) is 0 Å². The van der Waals surface area contributed by atoms with Crippen molar-refractivity contribution in [1.82, 2.24) is 4.37 Å². The summed E-state index contributed by atoms with van der Waals surface area (Å²) in [6, 6.07) is 17.5. The first kappa shape index (κ1) is 18.7. The SMILES string of the molecule is NC(=N[C@@H]1CC2CC23CCC13)c1c(Nc2ccc(Oc3ccccc3)cc2)s[nH]c1=O. The molecule has 1 aromatic heterocycles. The minimum Gasteiger partial charge on any atom is -0.457 e. The number of H-pyrrole nitrogens is 1. The van der Waals surface area contributed by atoms with Gasteiger partial charge in [0.15, 0.2) is 0 Å². The normalized spacial score (nSPS) is 28.4. The number of amidine groups is 1. The number of aliphatic imine (C=N–C) groups is 1. The van der Waals surface area contributed by atoms with Gasteiger partial charge in [0, 0.05) is 5.69 Å². The van der Waals surface area contributed by atoms with Crippen LogP contribution in [0.25, 0.3) is 0 Å². The summed E-state index contributed by atoms with van der Waals surface area (Å²) in [5, 5.41) is 4.00. The van der Waals surface area contributed by atoms with E-state index in [2.05, 4.69) is 9.69 Å². The number of aromatic nitrogens is 1. The summed E-state index contributed by atoms with van der Waals surface area (Å²) in [5.74, 6) is 3.39. The number of para-hydroxylation sites is 1. The average Bonchev–Trinajstić information content (AvgIpc) is 3.33. The molecule has 2 aromatic carbocycles. The highest BCUT2D eigenvalue weighted by molar-refractivity contribution is 7.10. The van der Waals surface area contributed by atoms with Crippen LogP contribution >= 0.6 is 11.5 Å². The van der Waals surface area contributed by atoms with Crippen molar-refractivity contribution in [3.05, 3.63) is 70.5 Å². The predicted molar refractivity (Wildman–Crippen MR) is 124 cm³/mol. The van der Waals surface area contributed by atoms with E-state index in [1.165, 1.54) is 30.8 Å². The number of benzene rings is 2. The molecule has 4 N–H and O–H groups in total. The Bertz CT molecular complexity index is 1200. The van der Waals surface area contributed by atoms with Gasteiger partial charge in [-0.1, -0.05) is 18.2 Å². The molecule has 3 saturated carbocycles. The monoisotopic (exact) mass is 432 g/mol. The van der Waals surface area contributed by atoms with E-state index in [0.29, 0.717) is 27.7 Å². The third-order valence-electron chi connectivity index (χ3n) is 7.28. The highest BCUT2D eigenvalue weighted by Gasteiger charge is 2.70. The van der Waals surface area contributed by atoms with Gasteiger partial charge < -0.3 is 15.8 Å². The van der Waals surface area contributed by atoms with Crippen LogP contribution in [0.2, 0.25) is 0 Å². The number of hydrogen-bond acceptors (Lipinski definition) is 5. The Balaban J connectivity index is 1.19. The number of nitrogens with one attached hydrogen (secondary N) is 2. The van der Waals surface area contributed by atoms with Crippen LogP contribution in [0, 0.1) is 17.3 Å². The fraction of sp³-hybridized carbons (Fsp3) is 0.333. The third-order valence-corrected chi connectivity index (χ3v) is 8.08. The number of ether oxygens (including phenoxy) is 1. The van der Waals surface area contributed by atoms with E-state index in [0.717, 1.165) is 29.5 Å². The van der Waals surface area contributed by atoms with Gasteiger partial charge in [0.1, 0.15) is 27.9 Å². The maximum Gasteiger partial charge on any atom is 0.271 e. The van der Waals surface area contributed by atoms with Crippen LogP contribution in [0.1, 0.15) is 31.2 Å². The summed E-state index contributed by atoms with van der Waals surface area (Å²) in [7, 11) is 0. The molecule has 0 radical (unpaired) electrons. The van der Waals surface area contributed by atoms with Crippen molar-refractivity contribution >= 4 is 28.1 Å². The summed E-state index contributed by atoms with van der Waals surface area (Å²) >= 11 is 1.25. The van der Waals surface area contributed by atoms with Crippen molar-refractivity contribution in [3.63, 3.8) is 0 Å². The van der Waals surface area contributed by atoms with Gasteiger partial charge in [-0.2, -0.15) is 0 Å². The summed E-state index contributed by atoms with van der Waals surface area (Å²) in [6.07, 6.45) is 5.10. The van der Waals surface area contributed by atoms with E-state index in [4.69, 9.17) is 15.5 Å². The smallest absolute Gasteiger partial charge is 0.271 e. The summed E-state index contributed by atoms with van der Waals surface area (Å²) in [6.45, 7) is 0. The molecule has 3 fully saturated rings. The minimum absolute atomic E-state index is 0.190. The first-order valence-electron chi connectivity index (χ1n) is 10.8. The molecule has 1 spiro atoms. The first-order valence-corrected chi connectivity index (χ1v) is 11.6. The lowest BCUT2D eigenvalue weighted by Crippen LogP contribution is -2.34. The van der Waals surface area contributed by atoms with Crippen molar-refractivity contribution in [3.8, 4) is 11.5 Å². The predicted octanol–water partition coefficient (Wildman–Crippen LogP) is 4.87. The second-order valence-corrected chi connectivity index (χ2v) is 9.72. The number of aromatic amines is 1. The molecule has 3 aromatic rings. The van der Waals surface area contributed by atoms with E-state index in [1.54, 1.807) is 0 Å². The number of rotatable bonds is 6. The second kappa shape index (κ2) is 6.99. The molecule has 1 heterocycles. The zero-order valence-electron chi connectivity index (χ0n) is 17.0. The van der Waals surface area contributed by atoms with Crippen LogP contribution in [0.3, 0.4) is 0 Å². The molecule has 3 aliphatic rings. The van der Waals surface area contributed by atoms with E-state index in [-0.39, 0.29) is 11.6 Å². The van der Waals surface area contributed by atoms with Crippen LogP contribution < -0.4 is 21.3 Å². The van der Waals surface area contributed by atoms with E-state index in [9.17, 15) is 4.79 Å². The topological polar surface area (TPSA) is 92.5 Å². The maximum absolute atomic E-state index is 12.5. The van der Waals surface area contributed by atoms with Gasteiger partial charge in [-0.25, -0.2) is 0 Å². The van der Waals surface area contributed by atoms with Crippen LogP contribution in [-0.2, 0) is 0 Å². The molecule has 6 rings (SSSR count). The van der Waals surface area contributed by atoms with Gasteiger partial charge in [-0.3, -0.25) is 14.2 Å². The molecule has 0 bridgehead atoms. The molecular weight excluding hydrogens is 408 g/mol. The van der Waals surface area contributed by atoms with E-state index >= 15 is 0 Å². The number of hydrogen-bond donors (Lipinski definition) is 3. The highest BCUT2D eigenvalue weighted by Crippen LogP contribution is 2.76. The molecule has 0 aliphatic heterocycles. The number of nitrogens with zero attached hydrogens (tertiary/aromatic N) is 1. The Morgan fingerprint density at radius 1 is 1.16 bits per heavy atom. The molecule has 4 atom stereocenters. The molecule has 6 nitrogen and oxygen atoms in total. The molecule has 0 amide bonds. The lowest BCUT2D eigenvalue weighted by atomic mass is 9.70. The minimum atomic E-state index is -0.190. The molecule has 0 saturated heterocycles. The van der Waals surface area contributed by atoms with E-state index in [1.807, 2.05) is 54.6 Å². The first-order chi connectivity index (χ1) is 15.1. The lowest BCUT2D eigenvalue weighted by molar-refractivity contribution is 0.149. The fourth-order valence-electron chi connectivity index (χ4n) is 5.56. The van der Waals surface area contributed by atoms with Crippen molar-refractivity contribution < 1.29 is 4.74 Å². The van der Waals surface area contributed by atoms with E-state index < -0.39 is 0 Å². The molecule has 158 valence electrons. The molecule has 3 unspecified atom stereocenters. The zero-order chi connectivity index (χ0) is 21.0. The zero-order valence-corrected chi connectivity index (χ0v) is 17.8. The largest absolute Gasteiger partial charge is 0.457 e. The highest BCUT2D eigenvalue weighted by atomic mass is 32.1. The quantitative estimate of drug-likeness (QED) is 0.383. The van der Waals surface area contributed by atoms with Gasteiger partial charge in [-0.15, -0.1) is 0 Å². The van der Waals surface area contributed by atoms with Gasteiger partial charge in [-0.05, 0) is 90.9 Å². The van der Waals surface area contributed by atoms with Crippen LogP contribution in [0.5, 0.6) is 11.5 Å². The Morgan fingerprint density at radius 2 is 1.94 bits per heavy atom. The summed E-state index contributed by atoms with van der Waals surface area (Å²) in [4.78, 5) is 17.3. The summed E-state index contributed by atoms with van der Waals surface area (Å²) < 4.78 is 8.64. The lowest BCUT2D eigenvalue weighted by Gasteiger charge is -2.37. The van der Waals surface area contributed by atoms with Crippen LogP contribution in [0.15, 0.2) is 64.4 Å². The van der Waals surface area contributed by atoms with Crippen molar-refractivity contribution in [2.45, 2.75) is 31.7 Å². The average molecular weight is 433 g/mol. The molecular formula is C24H24N4O2S. The van der Waals surface area contributed by atoms with Gasteiger partial charge >= 0.3 is 0 Å². The van der Waals surface area contributed by atoms with Gasteiger partial charge in [0.25, 0.3) is 5.56 Å². The van der Waals surface area contributed by atoms with Crippen LogP contribution in [0.4, 0.5) is 10.7 Å².